The van der Waals surface area contributed by atoms with Crippen LogP contribution >= 0.6 is 0 Å². The van der Waals surface area contributed by atoms with Crippen LogP contribution in [-0.2, 0) is 16.2 Å². The van der Waals surface area contributed by atoms with Gasteiger partial charge in [-0.2, -0.15) is 0 Å². The summed E-state index contributed by atoms with van der Waals surface area (Å²) in [5.74, 6) is 0. The van der Waals surface area contributed by atoms with Crippen molar-refractivity contribution in [2.75, 3.05) is 9.80 Å². The molecule has 0 radical (unpaired) electrons. The van der Waals surface area contributed by atoms with Gasteiger partial charge in [0, 0.05) is 50.0 Å². The van der Waals surface area contributed by atoms with Crippen LogP contribution in [0.15, 0.2) is 221 Å². The van der Waals surface area contributed by atoms with Gasteiger partial charge in [-0.15, -0.1) is 0 Å². The molecule has 79 heavy (non-hydrogen) atoms. The van der Waals surface area contributed by atoms with E-state index >= 15 is 0 Å². The Morgan fingerprint density at radius 2 is 0.861 bits per heavy atom. The van der Waals surface area contributed by atoms with Gasteiger partial charge in [0.15, 0.2) is 5.58 Å². The second-order valence-corrected chi connectivity index (χ2v) is 30.1. The van der Waals surface area contributed by atoms with E-state index in [1.165, 1.54) is 44.1 Å². The number of furan rings is 2. The molecule has 1 aliphatic rings. The molecule has 1 unspecified atom stereocenters. The van der Waals surface area contributed by atoms with Crippen LogP contribution < -0.4 is 15.0 Å². The van der Waals surface area contributed by atoms with E-state index in [1.807, 2.05) is 0 Å². The van der Waals surface area contributed by atoms with Gasteiger partial charge < -0.3 is 18.6 Å². The molecule has 0 amide bonds. The van der Waals surface area contributed by atoms with Crippen LogP contribution in [0.2, 0.25) is 19.6 Å². The van der Waals surface area contributed by atoms with Gasteiger partial charge in [0.2, 0.25) is 0 Å². The van der Waals surface area contributed by atoms with Crippen molar-refractivity contribution < 1.29 is 8.83 Å². The third-order valence-corrected chi connectivity index (χ3v) is 18.9. The van der Waals surface area contributed by atoms with Gasteiger partial charge in [-0.1, -0.05) is 211 Å². The van der Waals surface area contributed by atoms with E-state index in [0.29, 0.717) is 0 Å². The Morgan fingerprint density at radius 1 is 0.405 bits per heavy atom. The first kappa shape index (κ1) is 50.1. The molecule has 0 saturated heterocycles. The van der Waals surface area contributed by atoms with E-state index in [-0.39, 0.29) is 10.8 Å². The quantitative estimate of drug-likeness (QED) is 0.135. The van der Waals surface area contributed by atoms with E-state index in [4.69, 9.17) is 8.83 Å². The van der Waals surface area contributed by atoms with Gasteiger partial charge in [0.05, 0.1) is 30.2 Å². The largest absolute Gasteiger partial charge is 0.455 e. The molecule has 390 valence electrons. The van der Waals surface area contributed by atoms with Gasteiger partial charge in [-0.3, -0.25) is 0 Å². The monoisotopic (exact) mass is 1040 g/mol. The topological polar surface area (TPSA) is 32.8 Å². The van der Waals surface area contributed by atoms with Crippen LogP contribution in [0.25, 0.3) is 55.0 Å². The summed E-state index contributed by atoms with van der Waals surface area (Å²) in [7, 11) is -1.75. The minimum atomic E-state index is -1.75. The summed E-state index contributed by atoms with van der Waals surface area (Å²) < 4.78 is 15.0. The molecule has 10 aromatic carbocycles. The minimum absolute atomic E-state index is 0.0206. The van der Waals surface area contributed by atoms with Gasteiger partial charge >= 0.3 is 0 Å². The maximum atomic E-state index is 7.59. The molecule has 0 saturated carbocycles. The van der Waals surface area contributed by atoms with E-state index in [9.17, 15) is 0 Å². The van der Waals surface area contributed by atoms with Crippen LogP contribution in [0.5, 0.6) is 0 Å². The average molecular weight is 1050 g/mol. The number of hydrogen-bond acceptors (Lipinski definition) is 4. The third kappa shape index (κ3) is 8.07. The van der Waals surface area contributed by atoms with Gasteiger partial charge in [0.1, 0.15) is 16.7 Å². The zero-order valence-electron chi connectivity index (χ0n) is 47.4. The van der Waals surface area contributed by atoms with Crippen molar-refractivity contribution in [3.63, 3.8) is 0 Å². The van der Waals surface area contributed by atoms with E-state index < -0.39 is 13.5 Å². The Bertz CT molecular complexity index is 4300. The maximum Gasteiger partial charge on any atom is 0.160 e. The molecular weight excluding hydrogens is 977 g/mol. The number of aryl methyl sites for hydroxylation is 2. The molecule has 13 rings (SSSR count). The fraction of sp³-hybridized carbons (Fsp3) is 0.189. The highest BCUT2D eigenvalue weighted by Crippen LogP contribution is 2.65. The number of rotatable bonds is 9. The molecule has 1 atom stereocenters. The Hall–Kier alpha value is -8.38. The lowest BCUT2D eigenvalue weighted by atomic mass is 9.66. The number of nitrogens with zero attached hydrogens (tertiary/aromatic N) is 2. The van der Waals surface area contributed by atoms with Crippen LogP contribution in [0, 0.1) is 13.8 Å². The molecule has 5 heteroatoms. The second-order valence-electron chi connectivity index (χ2n) is 25.1. The predicted octanol–water partition coefficient (Wildman–Crippen LogP) is 20.5. The van der Waals surface area contributed by atoms with E-state index in [1.54, 1.807) is 0 Å². The highest BCUT2D eigenvalue weighted by atomic mass is 28.3. The van der Waals surface area contributed by atoms with Crippen molar-refractivity contribution in [2.45, 2.75) is 91.3 Å². The average Bonchev–Trinajstić information content (AvgIpc) is 3.18. The molecule has 0 bridgehead atoms. The fourth-order valence-corrected chi connectivity index (χ4v) is 13.9. The number of anilines is 6. The number of benzene rings is 10. The number of para-hydroxylation sites is 4. The third-order valence-electron chi connectivity index (χ3n) is 16.8. The first-order valence-corrected chi connectivity index (χ1v) is 31.5. The van der Waals surface area contributed by atoms with Crippen molar-refractivity contribution in [3.05, 3.63) is 257 Å². The fourth-order valence-electron chi connectivity index (χ4n) is 12.7. The molecule has 0 aliphatic heterocycles. The molecule has 4 nitrogen and oxygen atoms in total. The standard InChI is InChI=1S/C74H68N2O2Si/c1-47-30-31-48(2)59(44-47)74(51-36-42-56(43-37-51)79(9,10)11)60-46-63(76(53-24-16-13-17-25-53)55-40-34-50(35-41-55)73(6,7)8)70-67(58-27-19-21-29-65(58)77-70)68(60)69-61(74)45-62(66-57-26-18-20-28-64(57)78-71(66)69)75(52-22-14-12-15-23-52)54-38-32-49(33-39-54)72(3,4)5/h12-46H,1-11H3. The summed E-state index contributed by atoms with van der Waals surface area (Å²) in [6.45, 7) is 25.6. The lowest BCUT2D eigenvalue weighted by Gasteiger charge is -2.37. The summed E-state index contributed by atoms with van der Waals surface area (Å²) in [6.07, 6.45) is 0. The first-order chi connectivity index (χ1) is 37.9. The molecule has 0 N–H and O–H groups in total. The molecular formula is C74H68N2O2Si. The summed E-state index contributed by atoms with van der Waals surface area (Å²) in [5, 5.41) is 5.66. The summed E-state index contributed by atoms with van der Waals surface area (Å²) in [5.41, 5.74) is 20.6. The van der Waals surface area contributed by atoms with Gasteiger partial charge in [0.25, 0.3) is 0 Å². The SMILES string of the molecule is Cc1ccc(C)c(C2(c3ccc([Si](C)(C)C)cc3)c3cc(N(c4ccccc4)c4ccc(C(C)(C)C)cc4)c4c(oc5ccccc54)c3-c3c2cc(N(c2ccccc2)c2ccc(C(C)(C)C)cc2)c2oc4ccccc4c32)c1. The Morgan fingerprint density at radius 3 is 1.39 bits per heavy atom. The zero-order chi connectivity index (χ0) is 54.8. The highest BCUT2D eigenvalue weighted by molar-refractivity contribution is 6.88. The maximum absolute atomic E-state index is 7.59. The van der Waals surface area contributed by atoms with Crippen molar-refractivity contribution >= 4 is 91.3 Å². The van der Waals surface area contributed by atoms with Gasteiger partial charge in [-0.25, -0.2) is 0 Å². The summed E-state index contributed by atoms with van der Waals surface area (Å²) in [4.78, 5) is 4.89. The number of hydrogen-bond donors (Lipinski definition) is 0. The first-order valence-electron chi connectivity index (χ1n) is 28.0. The smallest absolute Gasteiger partial charge is 0.160 e. The van der Waals surface area contributed by atoms with Gasteiger partial charge in [-0.05, 0) is 136 Å². The Balaban J connectivity index is 1.26. The van der Waals surface area contributed by atoms with Crippen molar-refractivity contribution in [1.82, 2.24) is 0 Å². The molecule has 2 aromatic heterocycles. The second kappa shape index (κ2) is 18.4. The van der Waals surface area contributed by atoms with E-state index in [0.717, 1.165) is 94.7 Å². The number of fused-ring (bicyclic) bond motifs is 11. The molecule has 0 spiro atoms. The Kier molecular flexibility index (Phi) is 11.7. The minimum Gasteiger partial charge on any atom is -0.455 e. The molecule has 1 aliphatic carbocycles. The summed E-state index contributed by atoms with van der Waals surface area (Å²) >= 11 is 0. The van der Waals surface area contributed by atoms with Crippen molar-refractivity contribution in [2.24, 2.45) is 0 Å². The highest BCUT2D eigenvalue weighted by Gasteiger charge is 2.51. The predicted molar refractivity (Wildman–Crippen MR) is 338 cm³/mol. The Labute approximate surface area is 466 Å². The van der Waals surface area contributed by atoms with Crippen molar-refractivity contribution in [1.29, 1.82) is 0 Å². The molecule has 2 heterocycles. The van der Waals surface area contributed by atoms with Crippen LogP contribution in [-0.4, -0.2) is 8.07 Å². The summed E-state index contributed by atoms with van der Waals surface area (Å²) in [6, 6.07) is 79.2. The molecule has 0 fully saturated rings. The lowest BCUT2D eigenvalue weighted by molar-refractivity contribution is 0.590. The van der Waals surface area contributed by atoms with Crippen LogP contribution in [0.4, 0.5) is 34.1 Å². The normalized spacial score (nSPS) is 14.6. The lowest BCUT2D eigenvalue weighted by Crippen LogP contribution is -2.38. The zero-order valence-corrected chi connectivity index (χ0v) is 48.4. The van der Waals surface area contributed by atoms with Crippen LogP contribution in [0.1, 0.15) is 86.1 Å². The van der Waals surface area contributed by atoms with Crippen LogP contribution in [0.3, 0.4) is 0 Å². The van der Waals surface area contributed by atoms with E-state index in [2.05, 4.69) is 297 Å². The molecule has 12 aromatic rings. The van der Waals surface area contributed by atoms with Crippen molar-refractivity contribution in [3.8, 4) is 11.1 Å².